The van der Waals surface area contributed by atoms with Crippen LogP contribution >= 0.6 is 11.8 Å². The van der Waals surface area contributed by atoms with E-state index in [1.54, 1.807) is 18.9 Å². The van der Waals surface area contributed by atoms with Gasteiger partial charge in [-0.05, 0) is 55.0 Å². The molecule has 0 saturated heterocycles. The highest BCUT2D eigenvalue weighted by atomic mass is 35.5. The van der Waals surface area contributed by atoms with Gasteiger partial charge in [-0.3, -0.25) is 9.69 Å². The number of rotatable bonds is 4. The van der Waals surface area contributed by atoms with E-state index in [1.165, 1.54) is 5.82 Å². The number of hydrogen-bond donors (Lipinski definition) is 0. The Morgan fingerprint density at radius 3 is 2.26 bits per heavy atom. The smallest absolute Gasteiger partial charge is 0.273 e. The molecule has 4 aromatic rings. The molecule has 1 aromatic heterocycles. The van der Waals surface area contributed by atoms with Crippen LogP contribution in [0.15, 0.2) is 88.8 Å². The average molecular weight is 490 g/mol. The van der Waals surface area contributed by atoms with Gasteiger partial charge in [-0.1, -0.05) is 36.0 Å². The van der Waals surface area contributed by atoms with Crippen LogP contribution in [0.5, 0.6) is 5.75 Å². The van der Waals surface area contributed by atoms with Crippen molar-refractivity contribution in [3.8, 4) is 17.0 Å². The first kappa shape index (κ1) is 22.6. The largest absolute Gasteiger partial charge is 1.00 e. The van der Waals surface area contributed by atoms with E-state index in [0.717, 1.165) is 57.6 Å². The van der Waals surface area contributed by atoms with Crippen molar-refractivity contribution in [2.45, 2.75) is 35.7 Å². The molecule has 0 spiro atoms. The van der Waals surface area contributed by atoms with Gasteiger partial charge in [0.05, 0.1) is 31.5 Å². The highest BCUT2D eigenvalue weighted by Crippen LogP contribution is 2.47. The summed E-state index contributed by atoms with van der Waals surface area (Å²) in [7, 11) is 1.68. The Morgan fingerprint density at radius 2 is 1.62 bits per heavy atom. The molecule has 7 heteroatoms. The number of methoxy groups -OCH3 is 1. The fourth-order valence-electron chi connectivity index (χ4n) is 4.83. The van der Waals surface area contributed by atoms with Gasteiger partial charge in [-0.25, -0.2) is 9.13 Å². The van der Waals surface area contributed by atoms with Gasteiger partial charge in [0, 0.05) is 15.4 Å². The number of hydrogen-bond acceptors (Lipinski definition) is 3. The van der Waals surface area contributed by atoms with E-state index in [-0.39, 0.29) is 18.3 Å². The molecule has 0 N–H and O–H groups in total. The van der Waals surface area contributed by atoms with Gasteiger partial charge in [0.15, 0.2) is 12.2 Å². The average Bonchev–Trinajstić information content (AvgIpc) is 3.46. The predicted molar refractivity (Wildman–Crippen MR) is 129 cm³/mol. The van der Waals surface area contributed by atoms with E-state index >= 15 is 0 Å². The van der Waals surface area contributed by atoms with Crippen molar-refractivity contribution in [1.82, 2.24) is 4.57 Å². The van der Waals surface area contributed by atoms with Crippen LogP contribution in [-0.4, -0.2) is 17.6 Å². The summed E-state index contributed by atoms with van der Waals surface area (Å²) in [6.45, 7) is 1.28. The summed E-state index contributed by atoms with van der Waals surface area (Å²) in [6, 6.07) is 24.4. The molecule has 0 radical (unpaired) electrons. The van der Waals surface area contributed by atoms with Crippen molar-refractivity contribution in [2.75, 3.05) is 12.0 Å². The van der Waals surface area contributed by atoms with Crippen LogP contribution in [0.2, 0.25) is 0 Å². The summed E-state index contributed by atoms with van der Waals surface area (Å²) in [5, 5.41) is 0. The highest BCUT2D eigenvalue weighted by Gasteiger charge is 2.33. The zero-order valence-electron chi connectivity index (χ0n) is 18.8. The minimum atomic E-state index is 0. The third-order valence-corrected chi connectivity index (χ3v) is 7.50. The Balaban J connectivity index is 0.00000241. The Hall–Kier alpha value is -3.22. The number of para-hydroxylation sites is 2. The number of amides is 1. The van der Waals surface area contributed by atoms with Crippen LogP contribution in [0.3, 0.4) is 0 Å². The second-order valence-electron chi connectivity index (χ2n) is 8.31. The third kappa shape index (κ3) is 3.77. The molecule has 3 heterocycles. The van der Waals surface area contributed by atoms with E-state index in [0.29, 0.717) is 6.54 Å². The number of carbonyl (C=O) groups excluding carboxylic acids is 1. The van der Waals surface area contributed by atoms with E-state index in [4.69, 9.17) is 4.74 Å². The molecular weight excluding hydrogens is 466 g/mol. The maximum atomic E-state index is 13.8. The Kier molecular flexibility index (Phi) is 6.11. The molecule has 0 unspecified atom stereocenters. The fraction of sp³-hybridized carbons (Fsp3) is 0.185. The lowest BCUT2D eigenvalue weighted by atomic mass is 10.1. The molecule has 0 saturated carbocycles. The van der Waals surface area contributed by atoms with E-state index in [1.807, 2.05) is 53.4 Å². The highest BCUT2D eigenvalue weighted by molar-refractivity contribution is 7.99. The predicted octanol–water partition coefficient (Wildman–Crippen LogP) is 2.23. The second kappa shape index (κ2) is 9.20. The Morgan fingerprint density at radius 1 is 0.971 bits per heavy atom. The van der Waals surface area contributed by atoms with Crippen LogP contribution in [-0.2, 0) is 24.3 Å². The first-order chi connectivity index (χ1) is 16.2. The number of halogens is 1. The van der Waals surface area contributed by atoms with E-state index < -0.39 is 0 Å². The molecule has 6 rings (SSSR count). The number of imidazole rings is 1. The zero-order chi connectivity index (χ0) is 22.4. The minimum Gasteiger partial charge on any atom is -1.00 e. The first-order valence-electron chi connectivity index (χ1n) is 11.2. The SMILES string of the molecule is COc1ccc(-c2c[n+](CC(=O)N3c4ccccc4Sc4ccccc43)c3n2CCC3)cc1.[Cl-]. The molecule has 34 heavy (non-hydrogen) atoms. The number of ether oxygens (including phenoxy) is 1. The molecule has 3 aromatic carbocycles. The van der Waals surface area contributed by atoms with Gasteiger partial charge in [0.1, 0.15) is 11.9 Å². The Labute approximate surface area is 209 Å². The fourth-order valence-corrected chi connectivity index (χ4v) is 5.89. The minimum absolute atomic E-state index is 0. The molecular formula is C27H24ClN3O2S. The molecule has 0 aliphatic carbocycles. The van der Waals surface area contributed by atoms with Crippen molar-refractivity contribution in [2.24, 2.45) is 0 Å². The number of aromatic nitrogens is 2. The van der Waals surface area contributed by atoms with Gasteiger partial charge >= 0.3 is 0 Å². The molecule has 1 amide bonds. The molecule has 2 aliphatic heterocycles. The maximum absolute atomic E-state index is 13.8. The molecule has 0 bridgehead atoms. The van der Waals surface area contributed by atoms with Crippen molar-refractivity contribution in [1.29, 1.82) is 0 Å². The van der Waals surface area contributed by atoms with Gasteiger partial charge in [-0.2, -0.15) is 0 Å². The first-order valence-corrected chi connectivity index (χ1v) is 12.0. The molecule has 2 aliphatic rings. The summed E-state index contributed by atoms with van der Waals surface area (Å²) < 4.78 is 9.81. The summed E-state index contributed by atoms with van der Waals surface area (Å²) in [6.07, 6.45) is 4.21. The van der Waals surface area contributed by atoms with Gasteiger partial charge < -0.3 is 17.1 Å². The second-order valence-corrected chi connectivity index (χ2v) is 9.39. The molecule has 172 valence electrons. The van der Waals surface area contributed by atoms with Gasteiger partial charge in [0.2, 0.25) is 0 Å². The quantitative estimate of drug-likeness (QED) is 0.413. The summed E-state index contributed by atoms with van der Waals surface area (Å²) in [4.78, 5) is 17.9. The summed E-state index contributed by atoms with van der Waals surface area (Å²) in [5.41, 5.74) is 4.19. The van der Waals surface area contributed by atoms with E-state index in [9.17, 15) is 4.79 Å². The number of carbonyl (C=O) groups is 1. The third-order valence-electron chi connectivity index (χ3n) is 6.37. The van der Waals surface area contributed by atoms with Crippen molar-refractivity contribution < 1.29 is 26.5 Å². The number of benzene rings is 3. The molecule has 5 nitrogen and oxygen atoms in total. The summed E-state index contributed by atoms with van der Waals surface area (Å²) >= 11 is 1.72. The van der Waals surface area contributed by atoms with Gasteiger partial charge in [0.25, 0.3) is 11.7 Å². The Bertz CT molecular complexity index is 1320. The maximum Gasteiger partial charge on any atom is 0.273 e. The lowest BCUT2D eigenvalue weighted by molar-refractivity contribution is -0.690. The number of fused-ring (bicyclic) bond motifs is 3. The lowest BCUT2D eigenvalue weighted by Crippen LogP contribution is -3.00. The van der Waals surface area contributed by atoms with Crippen LogP contribution in [0, 0.1) is 0 Å². The molecule has 0 atom stereocenters. The number of nitrogens with zero attached hydrogens (tertiary/aromatic N) is 3. The van der Waals surface area contributed by atoms with E-state index in [2.05, 4.69) is 39.6 Å². The topological polar surface area (TPSA) is 38.4 Å². The molecule has 0 fully saturated rings. The van der Waals surface area contributed by atoms with Crippen molar-refractivity contribution >= 4 is 29.0 Å². The number of anilines is 2. The van der Waals surface area contributed by atoms with Crippen LogP contribution < -0.4 is 26.6 Å². The van der Waals surface area contributed by atoms with Crippen LogP contribution in [0.4, 0.5) is 11.4 Å². The van der Waals surface area contributed by atoms with Crippen LogP contribution in [0.25, 0.3) is 11.3 Å². The van der Waals surface area contributed by atoms with Crippen molar-refractivity contribution in [3.63, 3.8) is 0 Å². The van der Waals surface area contributed by atoms with Gasteiger partial charge in [-0.15, -0.1) is 0 Å². The lowest BCUT2D eigenvalue weighted by Gasteiger charge is -2.30. The standard InChI is InChI=1S/C27H24N3O2S.ClH/c1-32-20-14-12-19(13-15-20)23-17-28(26-11-6-16-29(23)26)18-27(31)30-21-7-2-4-9-24(21)33-25-10-5-3-8-22(25)30;/h2-5,7-10,12-15,17H,6,11,16,18H2,1H3;1H/q+1;/p-1. The zero-order valence-corrected chi connectivity index (χ0v) is 20.4. The van der Waals surface area contributed by atoms with Crippen LogP contribution in [0.1, 0.15) is 12.2 Å². The normalized spacial score (nSPS) is 13.5. The van der Waals surface area contributed by atoms with Crippen molar-refractivity contribution in [3.05, 3.63) is 84.8 Å². The monoisotopic (exact) mass is 489 g/mol. The summed E-state index contributed by atoms with van der Waals surface area (Å²) in [5.74, 6) is 2.12.